The Bertz CT molecular complexity index is 197. The van der Waals surface area contributed by atoms with Gasteiger partial charge in [-0.3, -0.25) is 4.79 Å². The quantitative estimate of drug-likeness (QED) is 0.342. The molecule has 0 aliphatic carbocycles. The molecule has 0 bridgehead atoms. The smallest absolute Gasteiger partial charge is 0.328 e. The van der Waals surface area contributed by atoms with Gasteiger partial charge in [0.05, 0.1) is 13.2 Å². The van der Waals surface area contributed by atoms with Crippen molar-refractivity contribution < 1.29 is 24.5 Å². The van der Waals surface area contributed by atoms with Crippen molar-refractivity contribution >= 4 is 11.9 Å². The monoisotopic (exact) mass is 206 g/mol. The second-order valence-electron chi connectivity index (χ2n) is 2.48. The molecule has 14 heavy (non-hydrogen) atoms. The fourth-order valence-corrected chi connectivity index (χ4v) is 0.670. The van der Waals surface area contributed by atoms with Crippen molar-refractivity contribution in [3.05, 3.63) is 0 Å². The number of carboxylic acid groups (broad SMARTS) is 1. The molecule has 0 spiro atoms. The van der Waals surface area contributed by atoms with Crippen LogP contribution in [0.15, 0.2) is 0 Å². The highest BCUT2D eigenvalue weighted by molar-refractivity contribution is 5.84. The van der Waals surface area contributed by atoms with Gasteiger partial charge in [-0.15, -0.1) is 0 Å². The molecule has 0 aromatic carbocycles. The average Bonchev–Trinajstić information content (AvgIpc) is 2.14. The number of rotatable bonds is 7. The third kappa shape index (κ3) is 5.46. The van der Waals surface area contributed by atoms with Crippen LogP contribution in [-0.4, -0.2) is 54.5 Å². The van der Waals surface area contributed by atoms with Crippen molar-refractivity contribution in [3.63, 3.8) is 0 Å². The van der Waals surface area contributed by atoms with Crippen molar-refractivity contribution in [2.75, 3.05) is 26.4 Å². The van der Waals surface area contributed by atoms with E-state index < -0.39 is 24.5 Å². The van der Waals surface area contributed by atoms with E-state index in [1.807, 2.05) is 0 Å². The van der Waals surface area contributed by atoms with E-state index in [0.29, 0.717) is 0 Å². The second-order valence-corrected chi connectivity index (χ2v) is 2.48. The number of aliphatic hydroxyl groups is 1. The van der Waals surface area contributed by atoms with E-state index in [1.165, 1.54) is 0 Å². The van der Waals surface area contributed by atoms with Crippen molar-refractivity contribution in [1.82, 2.24) is 5.32 Å². The normalized spacial score (nSPS) is 12.1. The first kappa shape index (κ1) is 12.8. The van der Waals surface area contributed by atoms with Crippen LogP contribution in [0.25, 0.3) is 0 Å². The molecule has 1 amide bonds. The van der Waals surface area contributed by atoms with Crippen LogP contribution in [0.2, 0.25) is 0 Å². The molecule has 7 nitrogen and oxygen atoms in total. The third-order valence-electron chi connectivity index (χ3n) is 1.31. The van der Waals surface area contributed by atoms with Crippen LogP contribution in [-0.2, 0) is 14.3 Å². The summed E-state index contributed by atoms with van der Waals surface area (Å²) in [5.74, 6) is -1.89. The van der Waals surface area contributed by atoms with Gasteiger partial charge in [0.15, 0.2) is 0 Å². The van der Waals surface area contributed by atoms with Crippen LogP contribution in [0.3, 0.4) is 0 Å². The summed E-state index contributed by atoms with van der Waals surface area (Å²) in [5.41, 5.74) is 5.10. The summed E-state index contributed by atoms with van der Waals surface area (Å²) in [7, 11) is 0. The van der Waals surface area contributed by atoms with Crippen LogP contribution >= 0.6 is 0 Å². The standard InChI is InChI=1S/C7H14N2O5/c8-1-2-14-4-6(11)9-5(3-10)7(12)13/h5,10H,1-4,8H2,(H,9,11)(H,12,13). The minimum absolute atomic E-state index is 0.226. The predicted molar refractivity (Wildman–Crippen MR) is 46.5 cm³/mol. The van der Waals surface area contributed by atoms with Crippen LogP contribution in [0.1, 0.15) is 0 Å². The van der Waals surface area contributed by atoms with Gasteiger partial charge in [-0.1, -0.05) is 0 Å². The Hall–Kier alpha value is -1.18. The molecule has 5 N–H and O–H groups in total. The molecule has 0 rings (SSSR count). The zero-order valence-corrected chi connectivity index (χ0v) is 7.60. The Labute approximate surface area is 80.8 Å². The molecule has 0 aromatic rings. The lowest BCUT2D eigenvalue weighted by Crippen LogP contribution is -2.44. The molecule has 0 fully saturated rings. The molecule has 1 unspecified atom stereocenters. The van der Waals surface area contributed by atoms with Gasteiger partial charge in [-0.25, -0.2) is 4.79 Å². The Morgan fingerprint density at radius 3 is 2.57 bits per heavy atom. The molecule has 0 saturated carbocycles. The molecule has 0 radical (unpaired) electrons. The number of amides is 1. The lowest BCUT2D eigenvalue weighted by atomic mass is 10.3. The van der Waals surface area contributed by atoms with Crippen LogP contribution in [0.5, 0.6) is 0 Å². The highest BCUT2D eigenvalue weighted by Crippen LogP contribution is 1.83. The molecular weight excluding hydrogens is 192 g/mol. The SMILES string of the molecule is NCCOCC(=O)NC(CO)C(=O)O. The molecule has 82 valence electrons. The first-order valence-corrected chi connectivity index (χ1v) is 4.02. The summed E-state index contributed by atoms with van der Waals surface area (Å²) < 4.78 is 4.76. The highest BCUT2D eigenvalue weighted by Gasteiger charge is 2.18. The second kappa shape index (κ2) is 7.25. The third-order valence-corrected chi connectivity index (χ3v) is 1.31. The lowest BCUT2D eigenvalue weighted by molar-refractivity contribution is -0.143. The van der Waals surface area contributed by atoms with Crippen LogP contribution < -0.4 is 11.1 Å². The number of hydrogen-bond donors (Lipinski definition) is 4. The Morgan fingerprint density at radius 2 is 2.14 bits per heavy atom. The van der Waals surface area contributed by atoms with Gasteiger partial charge < -0.3 is 26.0 Å². The van der Waals surface area contributed by atoms with Gasteiger partial charge in [0.25, 0.3) is 0 Å². The molecule has 0 saturated heterocycles. The minimum atomic E-state index is -1.29. The van der Waals surface area contributed by atoms with Crippen molar-refractivity contribution in [2.45, 2.75) is 6.04 Å². The van der Waals surface area contributed by atoms with E-state index >= 15 is 0 Å². The summed E-state index contributed by atoms with van der Waals surface area (Å²) in [6.45, 7) is -0.404. The number of hydrogen-bond acceptors (Lipinski definition) is 5. The largest absolute Gasteiger partial charge is 0.480 e. The summed E-state index contributed by atoms with van der Waals surface area (Å²) in [6, 6.07) is -1.29. The van der Waals surface area contributed by atoms with Gasteiger partial charge in [0.1, 0.15) is 12.6 Å². The van der Waals surface area contributed by atoms with Gasteiger partial charge >= 0.3 is 5.97 Å². The van der Waals surface area contributed by atoms with Crippen molar-refractivity contribution in [1.29, 1.82) is 0 Å². The first-order chi connectivity index (χ1) is 6.61. The van der Waals surface area contributed by atoms with E-state index in [-0.39, 0.29) is 19.8 Å². The topological polar surface area (TPSA) is 122 Å². The fraction of sp³-hybridized carbons (Fsp3) is 0.714. The Kier molecular flexibility index (Phi) is 6.63. The van der Waals surface area contributed by atoms with Gasteiger partial charge in [0.2, 0.25) is 5.91 Å². The van der Waals surface area contributed by atoms with E-state index in [2.05, 4.69) is 5.32 Å². The van der Waals surface area contributed by atoms with Crippen LogP contribution in [0, 0.1) is 0 Å². The van der Waals surface area contributed by atoms with E-state index in [4.69, 9.17) is 20.7 Å². The Balaban J connectivity index is 3.74. The number of nitrogens with two attached hydrogens (primary N) is 1. The average molecular weight is 206 g/mol. The lowest BCUT2D eigenvalue weighted by Gasteiger charge is -2.11. The zero-order chi connectivity index (χ0) is 11.0. The van der Waals surface area contributed by atoms with Gasteiger partial charge in [0, 0.05) is 6.54 Å². The molecule has 7 heteroatoms. The van der Waals surface area contributed by atoms with E-state index in [9.17, 15) is 9.59 Å². The highest BCUT2D eigenvalue weighted by atomic mass is 16.5. The molecule has 0 heterocycles. The summed E-state index contributed by atoms with van der Waals surface area (Å²) in [4.78, 5) is 21.3. The number of nitrogens with one attached hydrogen (secondary N) is 1. The number of carbonyl (C=O) groups is 2. The number of aliphatic carboxylic acids is 1. The molecular formula is C7H14N2O5. The van der Waals surface area contributed by atoms with E-state index in [1.54, 1.807) is 0 Å². The summed E-state index contributed by atoms with van der Waals surface area (Å²) in [6.07, 6.45) is 0. The number of carbonyl (C=O) groups excluding carboxylic acids is 1. The van der Waals surface area contributed by atoms with Crippen molar-refractivity contribution in [3.8, 4) is 0 Å². The van der Waals surface area contributed by atoms with Gasteiger partial charge in [-0.2, -0.15) is 0 Å². The zero-order valence-electron chi connectivity index (χ0n) is 7.60. The number of ether oxygens (including phenoxy) is 1. The first-order valence-electron chi connectivity index (χ1n) is 4.02. The molecule has 0 aliphatic heterocycles. The van der Waals surface area contributed by atoms with Crippen molar-refractivity contribution in [2.24, 2.45) is 5.73 Å². The summed E-state index contributed by atoms with van der Waals surface area (Å²) >= 11 is 0. The maximum Gasteiger partial charge on any atom is 0.328 e. The summed E-state index contributed by atoms with van der Waals surface area (Å²) in [5, 5.41) is 19.1. The maximum absolute atomic E-state index is 10.9. The number of aliphatic hydroxyl groups excluding tert-OH is 1. The molecule has 0 aliphatic rings. The maximum atomic E-state index is 10.9. The van der Waals surface area contributed by atoms with E-state index in [0.717, 1.165) is 0 Å². The van der Waals surface area contributed by atoms with Crippen LogP contribution in [0.4, 0.5) is 0 Å². The Morgan fingerprint density at radius 1 is 1.50 bits per heavy atom. The molecule has 0 aromatic heterocycles. The fourth-order valence-electron chi connectivity index (χ4n) is 0.670. The predicted octanol–water partition coefficient (Wildman–Crippen LogP) is -2.48. The number of carboxylic acids is 1. The van der Waals surface area contributed by atoms with Gasteiger partial charge in [-0.05, 0) is 0 Å². The minimum Gasteiger partial charge on any atom is -0.480 e. The molecule has 1 atom stereocenters.